The number of imidazole rings is 1. The Morgan fingerprint density at radius 1 is 1.39 bits per heavy atom. The molecule has 0 saturated heterocycles. The van der Waals surface area contributed by atoms with Crippen LogP contribution in [0.5, 0.6) is 0 Å². The number of amides is 2. The molecule has 96 valence electrons. The fraction of sp³-hybridized carbons (Fsp3) is 0.385. The van der Waals surface area contributed by atoms with Gasteiger partial charge in [0.15, 0.2) is 0 Å². The van der Waals surface area contributed by atoms with Crippen LogP contribution in [0.15, 0.2) is 24.5 Å². The van der Waals surface area contributed by atoms with Gasteiger partial charge in [-0.05, 0) is 31.5 Å². The zero-order valence-electron chi connectivity index (χ0n) is 10.7. The summed E-state index contributed by atoms with van der Waals surface area (Å²) in [6.45, 7) is 5.92. The number of carbonyl (C=O) groups is 1. The van der Waals surface area contributed by atoms with E-state index < -0.39 is 0 Å². The number of aromatic amines is 1. The summed E-state index contributed by atoms with van der Waals surface area (Å²) in [6.07, 6.45) is 1.67. The van der Waals surface area contributed by atoms with Crippen LogP contribution in [0.4, 0.5) is 4.79 Å². The second-order valence-corrected chi connectivity index (χ2v) is 4.09. The second-order valence-electron chi connectivity index (χ2n) is 4.09. The van der Waals surface area contributed by atoms with E-state index in [9.17, 15) is 4.79 Å². The zero-order chi connectivity index (χ0) is 13.0. The fourth-order valence-corrected chi connectivity index (χ4v) is 1.89. The Hall–Kier alpha value is -2.04. The van der Waals surface area contributed by atoms with E-state index in [1.807, 2.05) is 32.0 Å². The summed E-state index contributed by atoms with van der Waals surface area (Å²) in [5, 5.41) is 2.91. The third-order valence-corrected chi connectivity index (χ3v) is 2.98. The molecular formula is C13H18N4O. The van der Waals surface area contributed by atoms with Gasteiger partial charge in [-0.25, -0.2) is 9.78 Å². The maximum atomic E-state index is 11.8. The summed E-state index contributed by atoms with van der Waals surface area (Å²) in [6, 6.07) is 5.91. The highest BCUT2D eigenvalue weighted by Gasteiger charge is 2.08. The van der Waals surface area contributed by atoms with Gasteiger partial charge < -0.3 is 15.2 Å². The van der Waals surface area contributed by atoms with Crippen LogP contribution in [0.2, 0.25) is 0 Å². The van der Waals surface area contributed by atoms with Gasteiger partial charge in [0.2, 0.25) is 0 Å². The molecule has 2 amide bonds. The second kappa shape index (κ2) is 5.53. The molecule has 0 fully saturated rings. The summed E-state index contributed by atoms with van der Waals surface area (Å²) in [7, 11) is 0. The number of nitrogens with one attached hydrogen (secondary N) is 2. The molecule has 0 aliphatic heterocycles. The molecule has 0 aliphatic carbocycles. The highest BCUT2D eigenvalue weighted by Crippen LogP contribution is 2.11. The number of hydrogen-bond acceptors (Lipinski definition) is 2. The lowest BCUT2D eigenvalue weighted by Crippen LogP contribution is -2.39. The Morgan fingerprint density at radius 2 is 2.17 bits per heavy atom. The molecule has 2 rings (SSSR count). The summed E-state index contributed by atoms with van der Waals surface area (Å²) < 4.78 is 0. The molecule has 2 N–H and O–H groups in total. The molecular weight excluding hydrogens is 228 g/mol. The van der Waals surface area contributed by atoms with Crippen molar-refractivity contribution in [3.8, 4) is 0 Å². The normalized spacial score (nSPS) is 10.6. The largest absolute Gasteiger partial charge is 0.345 e. The summed E-state index contributed by atoms with van der Waals surface area (Å²) in [4.78, 5) is 20.8. The van der Waals surface area contributed by atoms with Crippen molar-refractivity contribution in [3.63, 3.8) is 0 Å². The predicted molar refractivity (Wildman–Crippen MR) is 71.3 cm³/mol. The van der Waals surface area contributed by atoms with E-state index in [-0.39, 0.29) is 6.03 Å². The number of aromatic nitrogens is 2. The Balaban J connectivity index is 1.99. The van der Waals surface area contributed by atoms with E-state index in [1.54, 1.807) is 11.2 Å². The Morgan fingerprint density at radius 3 is 2.89 bits per heavy atom. The third kappa shape index (κ3) is 2.61. The van der Waals surface area contributed by atoms with Gasteiger partial charge in [-0.2, -0.15) is 0 Å². The minimum Gasteiger partial charge on any atom is -0.345 e. The number of H-pyrrole nitrogens is 1. The molecule has 0 bridgehead atoms. The van der Waals surface area contributed by atoms with E-state index in [2.05, 4.69) is 15.3 Å². The summed E-state index contributed by atoms with van der Waals surface area (Å²) in [5.74, 6) is 0. The number of benzene rings is 1. The number of carbonyl (C=O) groups excluding carboxylic acids is 1. The standard InChI is InChI=1S/C13H18N4O/c1-3-17(4-2)13(18)14-8-10-5-6-11-12(7-10)16-9-15-11/h5-7,9H,3-4,8H2,1-2H3,(H,14,18)(H,15,16). The monoisotopic (exact) mass is 246 g/mol. The molecule has 5 heteroatoms. The lowest BCUT2D eigenvalue weighted by atomic mass is 10.2. The van der Waals surface area contributed by atoms with E-state index in [1.165, 1.54) is 0 Å². The van der Waals surface area contributed by atoms with Gasteiger partial charge in [0, 0.05) is 19.6 Å². The van der Waals surface area contributed by atoms with Crippen molar-refractivity contribution in [3.05, 3.63) is 30.1 Å². The van der Waals surface area contributed by atoms with Gasteiger partial charge in [-0.3, -0.25) is 0 Å². The molecule has 0 unspecified atom stereocenters. The van der Waals surface area contributed by atoms with Crippen LogP contribution < -0.4 is 5.32 Å². The van der Waals surface area contributed by atoms with Crippen LogP contribution in [0.25, 0.3) is 11.0 Å². The van der Waals surface area contributed by atoms with E-state index >= 15 is 0 Å². The minimum atomic E-state index is -0.0234. The third-order valence-electron chi connectivity index (χ3n) is 2.98. The topological polar surface area (TPSA) is 61.0 Å². The summed E-state index contributed by atoms with van der Waals surface area (Å²) >= 11 is 0. The maximum Gasteiger partial charge on any atom is 0.317 e. The summed E-state index contributed by atoms with van der Waals surface area (Å²) in [5.41, 5.74) is 2.99. The van der Waals surface area contributed by atoms with Gasteiger partial charge in [0.1, 0.15) is 0 Å². The molecule has 0 radical (unpaired) electrons. The predicted octanol–water partition coefficient (Wildman–Crippen LogP) is 2.11. The van der Waals surface area contributed by atoms with Gasteiger partial charge in [0.25, 0.3) is 0 Å². The zero-order valence-corrected chi connectivity index (χ0v) is 10.7. The first-order valence-corrected chi connectivity index (χ1v) is 6.19. The number of fused-ring (bicyclic) bond motifs is 1. The maximum absolute atomic E-state index is 11.8. The lowest BCUT2D eigenvalue weighted by molar-refractivity contribution is 0.203. The van der Waals surface area contributed by atoms with E-state index in [4.69, 9.17) is 0 Å². The Kier molecular flexibility index (Phi) is 3.82. The molecule has 0 spiro atoms. The van der Waals surface area contributed by atoms with Gasteiger partial charge in [-0.1, -0.05) is 6.07 Å². The number of urea groups is 1. The van der Waals surface area contributed by atoms with E-state index in [0.29, 0.717) is 6.54 Å². The van der Waals surface area contributed by atoms with Crippen LogP contribution >= 0.6 is 0 Å². The molecule has 1 aromatic heterocycles. The first-order valence-electron chi connectivity index (χ1n) is 6.19. The SMILES string of the molecule is CCN(CC)C(=O)NCc1ccc2nc[nH]c2c1. The number of hydrogen-bond donors (Lipinski definition) is 2. The first kappa shape index (κ1) is 12.4. The number of rotatable bonds is 4. The average molecular weight is 246 g/mol. The first-order chi connectivity index (χ1) is 8.74. The van der Waals surface area contributed by atoms with Crippen LogP contribution in [-0.4, -0.2) is 34.0 Å². The van der Waals surface area contributed by atoms with Crippen molar-refractivity contribution in [1.82, 2.24) is 20.2 Å². The van der Waals surface area contributed by atoms with Gasteiger partial charge >= 0.3 is 6.03 Å². The minimum absolute atomic E-state index is 0.0234. The molecule has 1 aromatic carbocycles. The molecule has 0 saturated carbocycles. The quantitative estimate of drug-likeness (QED) is 0.868. The molecule has 18 heavy (non-hydrogen) atoms. The molecule has 1 heterocycles. The molecule has 0 aliphatic rings. The molecule has 0 atom stereocenters. The van der Waals surface area contributed by atoms with Crippen LogP contribution in [0.3, 0.4) is 0 Å². The van der Waals surface area contributed by atoms with Crippen molar-refractivity contribution >= 4 is 17.1 Å². The van der Waals surface area contributed by atoms with E-state index in [0.717, 1.165) is 29.7 Å². The molecule has 5 nitrogen and oxygen atoms in total. The van der Waals surface area contributed by atoms with Crippen LogP contribution in [0.1, 0.15) is 19.4 Å². The van der Waals surface area contributed by atoms with Gasteiger partial charge in [0.05, 0.1) is 17.4 Å². The van der Waals surface area contributed by atoms with Gasteiger partial charge in [-0.15, -0.1) is 0 Å². The van der Waals surface area contributed by atoms with Crippen molar-refractivity contribution in [1.29, 1.82) is 0 Å². The fourth-order valence-electron chi connectivity index (χ4n) is 1.89. The average Bonchev–Trinajstić information content (AvgIpc) is 2.85. The lowest BCUT2D eigenvalue weighted by Gasteiger charge is -2.19. The highest BCUT2D eigenvalue weighted by molar-refractivity contribution is 5.76. The van der Waals surface area contributed by atoms with Crippen molar-refractivity contribution in [2.24, 2.45) is 0 Å². The Labute approximate surface area is 106 Å². The highest BCUT2D eigenvalue weighted by atomic mass is 16.2. The van der Waals surface area contributed by atoms with Crippen molar-refractivity contribution in [2.45, 2.75) is 20.4 Å². The van der Waals surface area contributed by atoms with Crippen LogP contribution in [0, 0.1) is 0 Å². The van der Waals surface area contributed by atoms with Crippen LogP contribution in [-0.2, 0) is 6.54 Å². The Bertz CT molecular complexity index is 531. The smallest absolute Gasteiger partial charge is 0.317 e. The molecule has 2 aromatic rings. The number of nitrogens with zero attached hydrogens (tertiary/aromatic N) is 2. The van der Waals surface area contributed by atoms with Crippen molar-refractivity contribution in [2.75, 3.05) is 13.1 Å². The van der Waals surface area contributed by atoms with Crippen molar-refractivity contribution < 1.29 is 4.79 Å².